The number of ether oxygens (including phenoxy) is 1. The van der Waals surface area contributed by atoms with Crippen LogP contribution < -0.4 is 10.2 Å². The normalized spacial score (nSPS) is 14.7. The summed E-state index contributed by atoms with van der Waals surface area (Å²) in [5.74, 6) is 0.938. The van der Waals surface area contributed by atoms with Gasteiger partial charge in [-0.1, -0.05) is 23.7 Å². The molecule has 1 N–H and O–H groups in total. The summed E-state index contributed by atoms with van der Waals surface area (Å²) in [5, 5.41) is 4.07. The van der Waals surface area contributed by atoms with E-state index in [1.807, 2.05) is 26.8 Å². The quantitative estimate of drug-likeness (QED) is 0.316. The molecule has 4 heterocycles. The molecule has 1 fully saturated rings. The largest absolute Gasteiger partial charge is 0.444 e. The van der Waals surface area contributed by atoms with Crippen LogP contribution in [0.2, 0.25) is 5.15 Å². The number of piperidine rings is 1. The van der Waals surface area contributed by atoms with Crippen molar-refractivity contribution in [1.29, 1.82) is 0 Å². The van der Waals surface area contributed by atoms with E-state index in [2.05, 4.69) is 25.2 Å². The molecule has 0 unspecified atom stereocenters. The Hall–Kier alpha value is -3.72. The zero-order valence-corrected chi connectivity index (χ0v) is 21.6. The van der Waals surface area contributed by atoms with Gasteiger partial charge in [0.25, 0.3) is 0 Å². The first-order chi connectivity index (χ1) is 17.7. The Morgan fingerprint density at radius 2 is 1.78 bits per heavy atom. The number of nitrogens with one attached hydrogen (secondary N) is 1. The molecule has 0 radical (unpaired) electrons. The first kappa shape index (κ1) is 25.0. The molecule has 1 saturated heterocycles. The summed E-state index contributed by atoms with van der Waals surface area (Å²) in [7, 11) is 0. The van der Waals surface area contributed by atoms with Crippen LogP contribution in [-0.4, -0.2) is 45.8 Å². The molecule has 5 rings (SSSR count). The van der Waals surface area contributed by atoms with Gasteiger partial charge in [-0.3, -0.25) is 0 Å². The number of fused-ring (bicyclic) bond motifs is 1. The highest BCUT2D eigenvalue weighted by Crippen LogP contribution is 2.43. The number of carbonyl (C=O) groups excluding carboxylic acids is 1. The van der Waals surface area contributed by atoms with Crippen LogP contribution in [0.5, 0.6) is 0 Å². The number of benzene rings is 1. The van der Waals surface area contributed by atoms with E-state index in [0.717, 1.165) is 35.2 Å². The predicted molar refractivity (Wildman–Crippen MR) is 140 cm³/mol. The molecule has 0 aliphatic carbocycles. The highest BCUT2D eigenvalue weighted by molar-refractivity contribution is 6.29. The molecule has 192 valence electrons. The molecule has 1 amide bonds. The molecular weight excluding hydrogens is 497 g/mol. The van der Waals surface area contributed by atoms with Crippen molar-refractivity contribution in [1.82, 2.24) is 20.3 Å². The molecule has 0 saturated carbocycles. The molecule has 0 spiro atoms. The van der Waals surface area contributed by atoms with Gasteiger partial charge in [-0.05, 0) is 63.4 Å². The van der Waals surface area contributed by atoms with E-state index in [0.29, 0.717) is 35.3 Å². The lowest BCUT2D eigenvalue weighted by molar-refractivity contribution is 0.0497. The van der Waals surface area contributed by atoms with Gasteiger partial charge in [0.05, 0.1) is 5.39 Å². The van der Waals surface area contributed by atoms with Crippen molar-refractivity contribution in [2.24, 2.45) is 0 Å². The second-order valence-electron chi connectivity index (χ2n) is 9.97. The van der Waals surface area contributed by atoms with Crippen molar-refractivity contribution in [3.05, 3.63) is 59.9 Å². The van der Waals surface area contributed by atoms with Gasteiger partial charge in [0.2, 0.25) is 5.71 Å². The second kappa shape index (κ2) is 9.97. The Morgan fingerprint density at radius 1 is 1.08 bits per heavy atom. The Kier molecular flexibility index (Phi) is 6.72. The summed E-state index contributed by atoms with van der Waals surface area (Å²) in [6, 6.07) is 9.75. The van der Waals surface area contributed by atoms with Gasteiger partial charge in [0.15, 0.2) is 0 Å². The zero-order chi connectivity index (χ0) is 26.2. The Labute approximate surface area is 218 Å². The molecule has 1 aliphatic rings. The third kappa shape index (κ3) is 5.51. The smallest absolute Gasteiger partial charge is 0.407 e. The molecule has 0 atom stereocenters. The minimum absolute atomic E-state index is 0.0000457. The first-order valence-electron chi connectivity index (χ1n) is 12.1. The number of hydrogen-bond acceptors (Lipinski definition) is 7. The van der Waals surface area contributed by atoms with Crippen LogP contribution in [0.1, 0.15) is 33.6 Å². The van der Waals surface area contributed by atoms with Crippen LogP contribution in [0, 0.1) is 5.82 Å². The molecule has 8 nitrogen and oxygen atoms in total. The van der Waals surface area contributed by atoms with Crippen molar-refractivity contribution in [3.63, 3.8) is 0 Å². The minimum atomic E-state index is -0.549. The number of hydrogen-bond donors (Lipinski definition) is 1. The standard InChI is InChI=1S/C27H27ClFN5O3/c1-27(2,3)37-26(35)33-19-10-12-34(13-11-19)24-22-21(16-4-7-18(29)8-5-16)23(36-25(22)32-15-31-24)17-6-9-20(28)30-14-17/h4-9,14-15,19H,10-13H2,1-3H3,(H,33,35). The van der Waals surface area contributed by atoms with Crippen molar-refractivity contribution < 1.29 is 18.3 Å². The third-order valence-electron chi connectivity index (χ3n) is 6.11. The topological polar surface area (TPSA) is 93.4 Å². The molecule has 10 heteroatoms. The number of furan rings is 1. The van der Waals surface area contributed by atoms with E-state index in [4.69, 9.17) is 20.8 Å². The third-order valence-corrected chi connectivity index (χ3v) is 6.33. The maximum atomic E-state index is 13.8. The van der Waals surface area contributed by atoms with Gasteiger partial charge >= 0.3 is 6.09 Å². The van der Waals surface area contributed by atoms with Crippen LogP contribution in [0.4, 0.5) is 15.0 Å². The van der Waals surface area contributed by atoms with E-state index in [-0.39, 0.29) is 11.9 Å². The number of nitrogens with zero attached hydrogens (tertiary/aromatic N) is 4. The Morgan fingerprint density at radius 3 is 2.43 bits per heavy atom. The maximum Gasteiger partial charge on any atom is 0.407 e. The lowest BCUT2D eigenvalue weighted by Gasteiger charge is -2.33. The van der Waals surface area contributed by atoms with Crippen molar-refractivity contribution in [3.8, 4) is 22.5 Å². The van der Waals surface area contributed by atoms with Gasteiger partial charge in [-0.25, -0.2) is 24.1 Å². The summed E-state index contributed by atoms with van der Waals surface area (Å²) >= 11 is 6.01. The van der Waals surface area contributed by atoms with Gasteiger partial charge in [-0.2, -0.15) is 0 Å². The number of anilines is 1. The van der Waals surface area contributed by atoms with E-state index in [1.165, 1.54) is 18.5 Å². The molecule has 4 aromatic rings. The Balaban J connectivity index is 1.50. The number of pyridine rings is 1. The number of aromatic nitrogens is 3. The van der Waals surface area contributed by atoms with Gasteiger partial charge in [-0.15, -0.1) is 0 Å². The van der Waals surface area contributed by atoms with E-state index in [9.17, 15) is 9.18 Å². The van der Waals surface area contributed by atoms with Crippen LogP contribution in [0.25, 0.3) is 33.6 Å². The van der Waals surface area contributed by atoms with Gasteiger partial charge in [0.1, 0.15) is 34.5 Å². The van der Waals surface area contributed by atoms with Gasteiger partial charge < -0.3 is 19.4 Å². The lowest BCUT2D eigenvalue weighted by Crippen LogP contribution is -2.46. The summed E-state index contributed by atoms with van der Waals surface area (Å²) < 4.78 is 25.4. The monoisotopic (exact) mass is 523 g/mol. The van der Waals surface area contributed by atoms with Crippen molar-refractivity contribution >= 4 is 34.6 Å². The SMILES string of the molecule is CC(C)(C)OC(=O)NC1CCN(c2ncnc3oc(-c4ccc(Cl)nc4)c(-c4ccc(F)cc4)c23)CC1. The van der Waals surface area contributed by atoms with Crippen LogP contribution in [0.15, 0.2) is 53.3 Å². The van der Waals surface area contributed by atoms with Crippen molar-refractivity contribution in [2.75, 3.05) is 18.0 Å². The lowest BCUT2D eigenvalue weighted by atomic mass is 9.99. The molecule has 0 bridgehead atoms. The summed E-state index contributed by atoms with van der Waals surface area (Å²) in [4.78, 5) is 27.6. The maximum absolute atomic E-state index is 13.8. The summed E-state index contributed by atoms with van der Waals surface area (Å²) in [6.45, 7) is 6.85. The molecule has 1 aromatic carbocycles. The van der Waals surface area contributed by atoms with Crippen LogP contribution >= 0.6 is 11.6 Å². The molecule has 37 heavy (non-hydrogen) atoms. The first-order valence-corrected chi connectivity index (χ1v) is 12.5. The van der Waals surface area contributed by atoms with Crippen molar-refractivity contribution in [2.45, 2.75) is 45.3 Å². The molecule has 3 aromatic heterocycles. The van der Waals surface area contributed by atoms with Crippen LogP contribution in [-0.2, 0) is 4.74 Å². The second-order valence-corrected chi connectivity index (χ2v) is 10.4. The average molecular weight is 524 g/mol. The highest BCUT2D eigenvalue weighted by atomic mass is 35.5. The van der Waals surface area contributed by atoms with E-state index >= 15 is 0 Å². The molecular formula is C27H27ClFN5O3. The fraction of sp³-hybridized carbons (Fsp3) is 0.333. The average Bonchev–Trinajstić information content (AvgIpc) is 3.24. The summed E-state index contributed by atoms with van der Waals surface area (Å²) in [6.07, 6.45) is 4.15. The van der Waals surface area contributed by atoms with Crippen LogP contribution in [0.3, 0.4) is 0 Å². The number of halogens is 2. The number of carbonyl (C=O) groups is 1. The fourth-order valence-corrected chi connectivity index (χ4v) is 4.58. The Bertz CT molecular complexity index is 1410. The highest BCUT2D eigenvalue weighted by Gasteiger charge is 2.28. The van der Waals surface area contributed by atoms with E-state index in [1.54, 1.807) is 24.4 Å². The number of alkyl carbamates (subject to hydrolysis) is 1. The number of rotatable bonds is 4. The molecule has 1 aliphatic heterocycles. The van der Waals surface area contributed by atoms with Gasteiger partial charge in [0, 0.05) is 36.5 Å². The zero-order valence-electron chi connectivity index (χ0n) is 20.8. The number of amides is 1. The van der Waals surface area contributed by atoms with E-state index < -0.39 is 11.7 Å². The minimum Gasteiger partial charge on any atom is -0.444 e. The summed E-state index contributed by atoms with van der Waals surface area (Å²) in [5.41, 5.74) is 2.11. The predicted octanol–water partition coefficient (Wildman–Crippen LogP) is 6.24. The fourth-order valence-electron chi connectivity index (χ4n) is 4.47.